The summed E-state index contributed by atoms with van der Waals surface area (Å²) in [5, 5.41) is 1.99. The van der Waals surface area contributed by atoms with Gasteiger partial charge in [-0.3, -0.25) is 9.69 Å². The Hall–Kier alpha value is -1.72. The fourth-order valence-corrected chi connectivity index (χ4v) is 3.51. The number of amides is 1. The lowest BCUT2D eigenvalue weighted by molar-refractivity contribution is -0.133. The highest BCUT2D eigenvalue weighted by atomic mass is 32.1. The van der Waals surface area contributed by atoms with Gasteiger partial charge in [0.2, 0.25) is 5.91 Å². The largest absolute Gasteiger partial charge is 0.339 e. The fourth-order valence-electron chi connectivity index (χ4n) is 2.82. The number of carbonyl (C=O) groups excluding carboxylic acids is 1. The van der Waals surface area contributed by atoms with Gasteiger partial charge in [-0.1, -0.05) is 18.2 Å². The molecule has 22 heavy (non-hydrogen) atoms. The van der Waals surface area contributed by atoms with E-state index >= 15 is 0 Å². The minimum absolute atomic E-state index is 0.127. The second kappa shape index (κ2) is 6.58. The number of nitrogens with zero attached hydrogens (tertiary/aromatic N) is 2. The third-order valence-corrected chi connectivity index (χ3v) is 5.04. The molecule has 2 heterocycles. The molecule has 1 aliphatic rings. The topological polar surface area (TPSA) is 23.6 Å². The summed E-state index contributed by atoms with van der Waals surface area (Å²) in [6.45, 7) is 2.24. The first-order chi connectivity index (χ1) is 10.6. The highest BCUT2D eigenvalue weighted by molar-refractivity contribution is 7.10. The summed E-state index contributed by atoms with van der Waals surface area (Å²) in [6.07, 6.45) is 0.470. The summed E-state index contributed by atoms with van der Waals surface area (Å²) in [6, 6.07) is 10.7. The predicted octanol–water partition coefficient (Wildman–Crippen LogP) is 2.95. The second-order valence-electron chi connectivity index (χ2n) is 5.64. The van der Waals surface area contributed by atoms with Crippen LogP contribution in [0.5, 0.6) is 0 Å². The molecule has 1 amide bonds. The lowest BCUT2D eigenvalue weighted by Gasteiger charge is -2.39. The monoisotopic (exact) mass is 318 g/mol. The lowest BCUT2D eigenvalue weighted by Crippen LogP contribution is -2.49. The Balaban J connectivity index is 1.70. The molecule has 116 valence electrons. The van der Waals surface area contributed by atoms with Crippen molar-refractivity contribution in [2.24, 2.45) is 0 Å². The van der Waals surface area contributed by atoms with Crippen LogP contribution in [0, 0.1) is 5.82 Å². The average molecular weight is 318 g/mol. The van der Waals surface area contributed by atoms with Crippen molar-refractivity contribution in [1.82, 2.24) is 9.80 Å². The van der Waals surface area contributed by atoms with Gasteiger partial charge in [0, 0.05) is 24.5 Å². The predicted molar refractivity (Wildman–Crippen MR) is 86.4 cm³/mol. The molecule has 1 aromatic heterocycles. The standard InChI is InChI=1S/C17H19FN2OS/c1-19-8-9-20(17(21)11-15-3-2-10-22-15)12-16(19)13-4-6-14(18)7-5-13/h2-7,10,16H,8-9,11-12H2,1H3. The Kier molecular flexibility index (Phi) is 4.55. The van der Waals surface area contributed by atoms with Gasteiger partial charge < -0.3 is 4.90 Å². The molecule has 1 aliphatic heterocycles. The summed E-state index contributed by atoms with van der Waals surface area (Å²) < 4.78 is 13.1. The van der Waals surface area contributed by atoms with Crippen LogP contribution in [0.3, 0.4) is 0 Å². The molecule has 0 radical (unpaired) electrons. The van der Waals surface area contributed by atoms with Crippen molar-refractivity contribution in [1.29, 1.82) is 0 Å². The zero-order valence-electron chi connectivity index (χ0n) is 12.5. The van der Waals surface area contributed by atoms with Crippen LogP contribution in [0.1, 0.15) is 16.5 Å². The first-order valence-electron chi connectivity index (χ1n) is 7.39. The van der Waals surface area contributed by atoms with Gasteiger partial charge in [-0.2, -0.15) is 0 Å². The quantitative estimate of drug-likeness (QED) is 0.869. The van der Waals surface area contributed by atoms with Gasteiger partial charge in [-0.05, 0) is 36.2 Å². The van der Waals surface area contributed by atoms with Crippen molar-refractivity contribution in [2.75, 3.05) is 26.7 Å². The van der Waals surface area contributed by atoms with Gasteiger partial charge in [0.25, 0.3) is 0 Å². The summed E-state index contributed by atoms with van der Waals surface area (Å²) in [4.78, 5) is 17.7. The minimum atomic E-state index is -0.229. The number of rotatable bonds is 3. The SMILES string of the molecule is CN1CCN(C(=O)Cc2cccs2)CC1c1ccc(F)cc1. The van der Waals surface area contributed by atoms with E-state index in [4.69, 9.17) is 0 Å². The smallest absolute Gasteiger partial charge is 0.227 e. The number of halogens is 1. The van der Waals surface area contributed by atoms with E-state index in [1.54, 1.807) is 11.3 Å². The molecule has 1 saturated heterocycles. The van der Waals surface area contributed by atoms with E-state index in [9.17, 15) is 9.18 Å². The average Bonchev–Trinajstić information content (AvgIpc) is 3.01. The third kappa shape index (κ3) is 3.36. The van der Waals surface area contributed by atoms with E-state index in [1.807, 2.05) is 34.5 Å². The number of benzene rings is 1. The normalized spacial score (nSPS) is 19.4. The van der Waals surface area contributed by atoms with Crippen LogP contribution in [-0.4, -0.2) is 42.4 Å². The first kappa shape index (κ1) is 15.2. The molecule has 5 heteroatoms. The van der Waals surface area contributed by atoms with E-state index < -0.39 is 0 Å². The number of likely N-dealkylation sites (N-methyl/N-ethyl adjacent to an activating group) is 1. The number of thiophene rings is 1. The highest BCUT2D eigenvalue weighted by Gasteiger charge is 2.28. The zero-order valence-corrected chi connectivity index (χ0v) is 13.4. The van der Waals surface area contributed by atoms with E-state index in [-0.39, 0.29) is 17.8 Å². The molecule has 2 aromatic rings. The van der Waals surface area contributed by atoms with Gasteiger partial charge in [0.05, 0.1) is 12.5 Å². The van der Waals surface area contributed by atoms with Crippen molar-refractivity contribution in [3.8, 4) is 0 Å². The van der Waals surface area contributed by atoms with Crippen molar-refractivity contribution in [3.05, 3.63) is 58.0 Å². The van der Waals surface area contributed by atoms with Crippen molar-refractivity contribution < 1.29 is 9.18 Å². The third-order valence-electron chi connectivity index (χ3n) is 4.16. The highest BCUT2D eigenvalue weighted by Crippen LogP contribution is 2.25. The summed E-state index contributed by atoms with van der Waals surface area (Å²) in [7, 11) is 2.05. The number of hydrogen-bond donors (Lipinski definition) is 0. The van der Waals surface area contributed by atoms with E-state index in [0.29, 0.717) is 13.0 Å². The van der Waals surface area contributed by atoms with Gasteiger partial charge in [-0.25, -0.2) is 4.39 Å². The molecule has 0 aliphatic carbocycles. The number of hydrogen-bond acceptors (Lipinski definition) is 3. The van der Waals surface area contributed by atoms with E-state index in [2.05, 4.69) is 11.9 Å². The summed E-state index contributed by atoms with van der Waals surface area (Å²) >= 11 is 1.61. The molecule has 1 fully saturated rings. The van der Waals surface area contributed by atoms with Gasteiger partial charge >= 0.3 is 0 Å². The van der Waals surface area contributed by atoms with E-state index in [1.165, 1.54) is 12.1 Å². The molecule has 0 saturated carbocycles. The molecule has 1 atom stereocenters. The summed E-state index contributed by atoms with van der Waals surface area (Å²) in [5.74, 6) is -0.0597. The Morgan fingerprint density at radius 3 is 2.73 bits per heavy atom. The molecule has 0 bridgehead atoms. The van der Waals surface area contributed by atoms with Crippen LogP contribution in [0.15, 0.2) is 41.8 Å². The van der Waals surface area contributed by atoms with Gasteiger partial charge in [0.1, 0.15) is 5.82 Å². The van der Waals surface area contributed by atoms with Crippen molar-refractivity contribution in [2.45, 2.75) is 12.5 Å². The van der Waals surface area contributed by atoms with Gasteiger partial charge in [-0.15, -0.1) is 11.3 Å². The Bertz CT molecular complexity index is 627. The molecule has 0 spiro atoms. The Morgan fingerprint density at radius 2 is 2.05 bits per heavy atom. The lowest BCUT2D eigenvalue weighted by atomic mass is 10.0. The van der Waals surface area contributed by atoms with Crippen LogP contribution in [0.4, 0.5) is 4.39 Å². The van der Waals surface area contributed by atoms with E-state index in [0.717, 1.165) is 23.5 Å². The minimum Gasteiger partial charge on any atom is -0.339 e. The molecule has 3 rings (SSSR count). The zero-order chi connectivity index (χ0) is 15.5. The summed E-state index contributed by atoms with van der Waals surface area (Å²) in [5.41, 5.74) is 1.05. The van der Waals surface area contributed by atoms with Crippen molar-refractivity contribution in [3.63, 3.8) is 0 Å². The maximum absolute atomic E-state index is 13.1. The number of piperazine rings is 1. The number of carbonyl (C=O) groups is 1. The Labute approximate surface area is 134 Å². The molecule has 1 aromatic carbocycles. The molecular formula is C17H19FN2OS. The second-order valence-corrected chi connectivity index (χ2v) is 6.68. The van der Waals surface area contributed by atoms with Crippen LogP contribution < -0.4 is 0 Å². The first-order valence-corrected chi connectivity index (χ1v) is 8.27. The molecule has 0 N–H and O–H groups in total. The van der Waals surface area contributed by atoms with Crippen LogP contribution in [0.2, 0.25) is 0 Å². The maximum atomic E-state index is 13.1. The van der Waals surface area contributed by atoms with Crippen LogP contribution in [-0.2, 0) is 11.2 Å². The van der Waals surface area contributed by atoms with Crippen LogP contribution in [0.25, 0.3) is 0 Å². The van der Waals surface area contributed by atoms with Crippen LogP contribution >= 0.6 is 11.3 Å². The molecule has 1 unspecified atom stereocenters. The fraction of sp³-hybridized carbons (Fsp3) is 0.353. The Morgan fingerprint density at radius 1 is 1.27 bits per heavy atom. The van der Waals surface area contributed by atoms with Gasteiger partial charge in [0.15, 0.2) is 0 Å². The molecule has 3 nitrogen and oxygen atoms in total. The molecular weight excluding hydrogens is 299 g/mol. The maximum Gasteiger partial charge on any atom is 0.227 e. The van der Waals surface area contributed by atoms with Crippen molar-refractivity contribution >= 4 is 17.2 Å².